The highest BCUT2D eigenvalue weighted by Gasteiger charge is 2.51. The van der Waals surface area contributed by atoms with Crippen molar-refractivity contribution in [1.29, 1.82) is 0 Å². The number of ether oxygens (including phenoxy) is 2. The molecule has 0 aromatic heterocycles. The van der Waals surface area contributed by atoms with Gasteiger partial charge in [-0.2, -0.15) is 0 Å². The highest BCUT2D eigenvalue weighted by molar-refractivity contribution is 7.47. The third kappa shape index (κ3) is 27.3. The average molecular weight is 839 g/mol. The Morgan fingerprint density at radius 1 is 0.474 bits per heavy atom. The maximum Gasteiger partial charge on any atom is 0.472 e. The van der Waals surface area contributed by atoms with Crippen molar-refractivity contribution in [2.24, 2.45) is 0 Å². The number of phosphoric ester groups is 1. The maximum absolute atomic E-state index is 12.8. The van der Waals surface area contributed by atoms with Crippen LogP contribution in [-0.2, 0) is 32.7 Å². The lowest BCUT2D eigenvalue weighted by Crippen LogP contribution is -2.64. The summed E-state index contributed by atoms with van der Waals surface area (Å²) in [5.74, 6) is -1.09. The molecule has 0 radical (unpaired) electrons. The Morgan fingerprint density at radius 3 is 1.16 bits per heavy atom. The molecule has 13 nitrogen and oxygen atoms in total. The average Bonchev–Trinajstić information content (AvgIpc) is 3.19. The van der Waals surface area contributed by atoms with Gasteiger partial charge in [-0.1, -0.05) is 181 Å². The molecule has 6 unspecified atom stereocenters. The number of hydrogen-bond acceptors (Lipinski definition) is 12. The van der Waals surface area contributed by atoms with Gasteiger partial charge in [0.05, 0.1) is 6.61 Å². The van der Waals surface area contributed by atoms with Crippen molar-refractivity contribution in [1.82, 2.24) is 0 Å². The number of unbranched alkanes of at least 4 members (excludes halogenated alkanes) is 26. The Balaban J connectivity index is 2.45. The molecule has 0 saturated heterocycles. The van der Waals surface area contributed by atoms with Crippen LogP contribution in [0.25, 0.3) is 0 Å². The summed E-state index contributed by atoms with van der Waals surface area (Å²) in [6, 6.07) is 0. The number of hydrogen-bond donors (Lipinski definition) is 6. The van der Waals surface area contributed by atoms with E-state index in [-0.39, 0.29) is 12.8 Å². The van der Waals surface area contributed by atoms with Crippen molar-refractivity contribution in [2.45, 2.75) is 249 Å². The molecule has 6 N–H and O–H groups in total. The van der Waals surface area contributed by atoms with Gasteiger partial charge in [-0.05, 0) is 12.8 Å². The van der Waals surface area contributed by atoms with Crippen LogP contribution in [0.3, 0.4) is 0 Å². The Bertz CT molecular complexity index is 1020. The maximum atomic E-state index is 12.8. The first-order valence-electron chi connectivity index (χ1n) is 22.8. The summed E-state index contributed by atoms with van der Waals surface area (Å²) in [5.41, 5.74) is 0. The number of aliphatic hydroxyl groups is 5. The standard InChI is InChI=1S/C43H83O13P/c1-3-5-7-9-11-13-15-17-18-19-20-22-24-26-28-30-32-37(45)55-35(33-53-36(44)31-29-27-25-23-21-16-14-12-10-8-6-4-2)34-54-57(51,52)56-43-41(49)39(47)38(46)40(48)42(43)50/h35,38-43,46-50H,3-34H2,1-2H3,(H,51,52)/t35-,38?,39-,40?,41?,42?,43?/m1/s1. The number of carbonyl (C=O) groups is 2. The third-order valence-electron chi connectivity index (χ3n) is 10.9. The van der Waals surface area contributed by atoms with E-state index in [0.717, 1.165) is 38.5 Å². The SMILES string of the molecule is CCCCCCCCCCCCCCCCCCC(=O)O[C@H](COC(=O)CCCCCCCCCCCCCC)COP(=O)(O)OC1C(O)C(O)C(O)[C@@H](O)C1O. The summed E-state index contributed by atoms with van der Waals surface area (Å²) < 4.78 is 33.5. The highest BCUT2D eigenvalue weighted by atomic mass is 31.2. The molecule has 8 atom stereocenters. The lowest BCUT2D eigenvalue weighted by atomic mass is 9.85. The molecule has 1 fully saturated rings. The van der Waals surface area contributed by atoms with E-state index in [1.54, 1.807) is 0 Å². The summed E-state index contributed by atoms with van der Waals surface area (Å²) in [6.45, 7) is 3.31. The third-order valence-corrected chi connectivity index (χ3v) is 11.9. The molecular formula is C43H83O13P. The Labute approximate surface area is 344 Å². The first-order chi connectivity index (χ1) is 27.4. The van der Waals surface area contributed by atoms with Gasteiger partial charge in [-0.15, -0.1) is 0 Å². The molecule has 57 heavy (non-hydrogen) atoms. The van der Waals surface area contributed by atoms with Gasteiger partial charge in [0.25, 0.3) is 0 Å². The Kier molecular flexibility index (Phi) is 32.7. The number of aliphatic hydroxyl groups excluding tert-OH is 5. The van der Waals surface area contributed by atoms with Crippen LogP contribution in [0.4, 0.5) is 0 Å². The first kappa shape index (κ1) is 53.9. The van der Waals surface area contributed by atoms with Crippen LogP contribution in [0, 0.1) is 0 Å². The number of esters is 2. The molecule has 0 spiro atoms. The van der Waals surface area contributed by atoms with Crippen molar-refractivity contribution in [2.75, 3.05) is 13.2 Å². The van der Waals surface area contributed by atoms with Gasteiger partial charge in [0.1, 0.15) is 43.2 Å². The number of rotatable bonds is 38. The number of phosphoric acid groups is 1. The minimum atomic E-state index is -5.11. The molecule has 1 saturated carbocycles. The summed E-state index contributed by atoms with van der Waals surface area (Å²) in [7, 11) is -5.11. The summed E-state index contributed by atoms with van der Waals surface area (Å²) in [5, 5.41) is 50.1. The second-order valence-electron chi connectivity index (χ2n) is 16.3. The second-order valence-corrected chi connectivity index (χ2v) is 17.7. The van der Waals surface area contributed by atoms with Crippen molar-refractivity contribution in [3.8, 4) is 0 Å². The fraction of sp³-hybridized carbons (Fsp3) is 0.953. The van der Waals surface area contributed by atoms with E-state index in [0.29, 0.717) is 12.8 Å². The Morgan fingerprint density at radius 2 is 0.789 bits per heavy atom. The molecule has 1 aliphatic carbocycles. The zero-order valence-corrected chi connectivity index (χ0v) is 36.6. The smallest absolute Gasteiger partial charge is 0.462 e. The van der Waals surface area contributed by atoms with E-state index in [2.05, 4.69) is 13.8 Å². The van der Waals surface area contributed by atoms with Crippen LogP contribution in [0.2, 0.25) is 0 Å². The van der Waals surface area contributed by atoms with Crippen LogP contribution in [0.5, 0.6) is 0 Å². The molecule has 338 valence electrons. The molecule has 14 heteroatoms. The molecule has 0 amide bonds. The topological polar surface area (TPSA) is 210 Å². The van der Waals surface area contributed by atoms with Gasteiger partial charge in [0, 0.05) is 12.8 Å². The van der Waals surface area contributed by atoms with E-state index in [9.17, 15) is 44.6 Å². The van der Waals surface area contributed by atoms with Gasteiger partial charge in [-0.3, -0.25) is 18.6 Å². The summed E-state index contributed by atoms with van der Waals surface area (Å²) in [4.78, 5) is 35.6. The first-order valence-corrected chi connectivity index (χ1v) is 24.3. The molecule has 0 aliphatic heterocycles. The van der Waals surface area contributed by atoms with Crippen molar-refractivity contribution in [3.63, 3.8) is 0 Å². The molecule has 1 aliphatic rings. The highest BCUT2D eigenvalue weighted by Crippen LogP contribution is 2.47. The van der Waals surface area contributed by atoms with Crippen LogP contribution >= 0.6 is 7.82 Å². The second kappa shape index (κ2) is 34.6. The monoisotopic (exact) mass is 839 g/mol. The van der Waals surface area contributed by atoms with Gasteiger partial charge < -0.3 is 39.9 Å². The van der Waals surface area contributed by atoms with Gasteiger partial charge in [0.15, 0.2) is 6.10 Å². The van der Waals surface area contributed by atoms with E-state index in [1.165, 1.54) is 128 Å². The van der Waals surface area contributed by atoms with E-state index >= 15 is 0 Å². The zero-order valence-electron chi connectivity index (χ0n) is 35.7. The fourth-order valence-electron chi connectivity index (χ4n) is 7.23. The lowest BCUT2D eigenvalue weighted by molar-refractivity contribution is -0.220. The minimum Gasteiger partial charge on any atom is -0.462 e. The van der Waals surface area contributed by atoms with Crippen molar-refractivity contribution in [3.05, 3.63) is 0 Å². The lowest BCUT2D eigenvalue weighted by Gasteiger charge is -2.41. The molecular weight excluding hydrogens is 755 g/mol. The predicted octanol–water partition coefficient (Wildman–Crippen LogP) is 8.50. The number of carbonyl (C=O) groups excluding carboxylic acids is 2. The molecule has 1 rings (SSSR count). The largest absolute Gasteiger partial charge is 0.472 e. The summed E-state index contributed by atoms with van der Waals surface area (Å²) in [6.07, 6.45) is 20.2. The van der Waals surface area contributed by atoms with Crippen molar-refractivity contribution >= 4 is 19.8 Å². The predicted molar refractivity (Wildman–Crippen MR) is 221 cm³/mol. The van der Waals surface area contributed by atoms with E-state index in [1.807, 2.05) is 0 Å². The minimum absolute atomic E-state index is 0.105. The molecule has 0 aromatic rings. The molecule has 0 heterocycles. The van der Waals surface area contributed by atoms with Gasteiger partial charge >= 0.3 is 19.8 Å². The van der Waals surface area contributed by atoms with Gasteiger partial charge in [0.2, 0.25) is 0 Å². The molecule has 0 aromatic carbocycles. The van der Waals surface area contributed by atoms with Crippen LogP contribution in [0.1, 0.15) is 206 Å². The van der Waals surface area contributed by atoms with E-state index < -0.39 is 75.7 Å². The normalized spacial score (nSPS) is 22.6. The van der Waals surface area contributed by atoms with Crippen molar-refractivity contribution < 1.29 is 63.1 Å². The molecule has 0 bridgehead atoms. The summed E-state index contributed by atoms with van der Waals surface area (Å²) >= 11 is 0. The van der Waals surface area contributed by atoms with E-state index in [4.69, 9.17) is 18.5 Å². The van der Waals surface area contributed by atoms with Crippen LogP contribution < -0.4 is 0 Å². The van der Waals surface area contributed by atoms with Crippen LogP contribution in [0.15, 0.2) is 0 Å². The fourth-order valence-corrected chi connectivity index (χ4v) is 8.20. The van der Waals surface area contributed by atoms with Crippen LogP contribution in [-0.4, -0.2) is 98.3 Å². The zero-order chi connectivity index (χ0) is 42.2. The Hall–Kier alpha value is -1.15. The quantitative estimate of drug-likeness (QED) is 0.0196. The van der Waals surface area contributed by atoms with Gasteiger partial charge in [-0.25, -0.2) is 4.57 Å².